The van der Waals surface area contributed by atoms with Crippen molar-refractivity contribution in [1.29, 1.82) is 0 Å². The Balaban J connectivity index is 3.16. The van der Waals surface area contributed by atoms with Gasteiger partial charge >= 0.3 is 5.97 Å². The summed E-state index contributed by atoms with van der Waals surface area (Å²) < 4.78 is 14.6. The normalized spacial score (nSPS) is 9.69. The van der Waals surface area contributed by atoms with E-state index in [0.717, 1.165) is 0 Å². The van der Waals surface area contributed by atoms with Crippen molar-refractivity contribution in [2.75, 3.05) is 33.5 Å². The molecular formula is C9H16O4. The van der Waals surface area contributed by atoms with Crippen LogP contribution in [0.15, 0.2) is 12.2 Å². The maximum atomic E-state index is 10.8. The molecule has 0 aliphatic carbocycles. The van der Waals surface area contributed by atoms with Crippen molar-refractivity contribution in [1.82, 2.24) is 0 Å². The molecule has 13 heavy (non-hydrogen) atoms. The first-order valence-electron chi connectivity index (χ1n) is 4.07. The molecule has 0 saturated carbocycles. The fourth-order valence-electron chi connectivity index (χ4n) is 0.561. The minimum absolute atomic E-state index is 0.259. The third kappa shape index (κ3) is 7.49. The van der Waals surface area contributed by atoms with Crippen LogP contribution in [-0.4, -0.2) is 39.5 Å². The minimum atomic E-state index is -0.379. The molecule has 0 spiro atoms. The average Bonchev–Trinajstić information content (AvgIpc) is 2.10. The molecule has 0 aromatic carbocycles. The van der Waals surface area contributed by atoms with E-state index >= 15 is 0 Å². The molecule has 0 heterocycles. The highest BCUT2D eigenvalue weighted by Gasteiger charge is 2.01. The number of carbonyl (C=O) groups is 1. The van der Waals surface area contributed by atoms with Crippen LogP contribution in [0.1, 0.15) is 6.92 Å². The van der Waals surface area contributed by atoms with Gasteiger partial charge in [-0.3, -0.25) is 0 Å². The van der Waals surface area contributed by atoms with Crippen molar-refractivity contribution in [3.63, 3.8) is 0 Å². The summed E-state index contributed by atoms with van der Waals surface area (Å²) in [6.45, 7) is 6.77. The minimum Gasteiger partial charge on any atom is -0.460 e. The third-order valence-corrected chi connectivity index (χ3v) is 1.24. The topological polar surface area (TPSA) is 44.8 Å². The molecule has 0 rings (SSSR count). The summed E-state index contributed by atoms with van der Waals surface area (Å²) in [5.41, 5.74) is 0.400. The van der Waals surface area contributed by atoms with E-state index in [-0.39, 0.29) is 12.6 Å². The Morgan fingerprint density at radius 3 is 2.38 bits per heavy atom. The molecule has 0 radical (unpaired) electrons. The fourth-order valence-corrected chi connectivity index (χ4v) is 0.561. The number of methoxy groups -OCH3 is 1. The summed E-state index contributed by atoms with van der Waals surface area (Å²) in [6.07, 6.45) is 0. The smallest absolute Gasteiger partial charge is 0.333 e. The summed E-state index contributed by atoms with van der Waals surface area (Å²) >= 11 is 0. The Labute approximate surface area is 78.5 Å². The van der Waals surface area contributed by atoms with Crippen LogP contribution in [0.4, 0.5) is 0 Å². The van der Waals surface area contributed by atoms with Gasteiger partial charge in [-0.05, 0) is 6.92 Å². The second-order valence-electron chi connectivity index (χ2n) is 2.52. The van der Waals surface area contributed by atoms with Gasteiger partial charge in [0, 0.05) is 12.7 Å². The number of hydrogen-bond acceptors (Lipinski definition) is 4. The maximum Gasteiger partial charge on any atom is 0.333 e. The predicted octanol–water partition coefficient (Wildman–Crippen LogP) is 0.769. The quantitative estimate of drug-likeness (QED) is 0.336. The zero-order chi connectivity index (χ0) is 10.1. The van der Waals surface area contributed by atoms with E-state index in [1.807, 2.05) is 0 Å². The SMILES string of the molecule is C=C(C)C(=O)OCCOCCOC. The van der Waals surface area contributed by atoms with Crippen molar-refractivity contribution >= 4 is 5.97 Å². The third-order valence-electron chi connectivity index (χ3n) is 1.24. The molecule has 0 aromatic rings. The van der Waals surface area contributed by atoms with Crippen LogP contribution < -0.4 is 0 Å². The highest BCUT2D eigenvalue weighted by Crippen LogP contribution is 1.91. The van der Waals surface area contributed by atoms with Gasteiger partial charge in [0.15, 0.2) is 0 Å². The second-order valence-corrected chi connectivity index (χ2v) is 2.52. The summed E-state index contributed by atoms with van der Waals surface area (Å²) in [4.78, 5) is 10.8. The van der Waals surface area contributed by atoms with Crippen molar-refractivity contribution in [3.05, 3.63) is 12.2 Å². The number of ether oxygens (including phenoxy) is 3. The molecular weight excluding hydrogens is 172 g/mol. The molecule has 0 unspecified atom stereocenters. The lowest BCUT2D eigenvalue weighted by Crippen LogP contribution is -2.12. The lowest BCUT2D eigenvalue weighted by molar-refractivity contribution is -0.140. The van der Waals surface area contributed by atoms with Gasteiger partial charge in [0.1, 0.15) is 6.61 Å². The number of carbonyl (C=O) groups excluding carboxylic acids is 1. The molecule has 4 nitrogen and oxygen atoms in total. The van der Waals surface area contributed by atoms with Gasteiger partial charge in [-0.1, -0.05) is 6.58 Å². The van der Waals surface area contributed by atoms with E-state index in [9.17, 15) is 4.79 Å². The van der Waals surface area contributed by atoms with Gasteiger partial charge in [-0.2, -0.15) is 0 Å². The maximum absolute atomic E-state index is 10.8. The summed E-state index contributed by atoms with van der Waals surface area (Å²) in [7, 11) is 1.60. The van der Waals surface area contributed by atoms with Crippen LogP contribution in [0, 0.1) is 0 Å². The summed E-state index contributed by atoms with van der Waals surface area (Å²) in [5.74, 6) is -0.379. The van der Waals surface area contributed by atoms with Crippen LogP contribution in [0.3, 0.4) is 0 Å². The van der Waals surface area contributed by atoms with Crippen LogP contribution in [0.5, 0.6) is 0 Å². The zero-order valence-corrected chi connectivity index (χ0v) is 8.17. The molecule has 0 fully saturated rings. The van der Waals surface area contributed by atoms with Crippen LogP contribution >= 0.6 is 0 Å². The molecule has 0 atom stereocenters. The number of hydrogen-bond donors (Lipinski definition) is 0. The van der Waals surface area contributed by atoms with Crippen molar-refractivity contribution in [2.24, 2.45) is 0 Å². The Morgan fingerprint density at radius 1 is 1.23 bits per heavy atom. The Hall–Kier alpha value is -0.870. The lowest BCUT2D eigenvalue weighted by Gasteiger charge is -2.04. The summed E-state index contributed by atoms with van der Waals surface area (Å²) in [5, 5.41) is 0. The van der Waals surface area contributed by atoms with Crippen LogP contribution in [0.25, 0.3) is 0 Å². The molecule has 0 bridgehead atoms. The molecule has 0 saturated heterocycles. The average molecular weight is 188 g/mol. The molecule has 0 aliphatic heterocycles. The van der Waals surface area contributed by atoms with E-state index in [4.69, 9.17) is 14.2 Å². The highest BCUT2D eigenvalue weighted by atomic mass is 16.6. The molecule has 0 aliphatic rings. The van der Waals surface area contributed by atoms with Gasteiger partial charge < -0.3 is 14.2 Å². The monoisotopic (exact) mass is 188 g/mol. The lowest BCUT2D eigenvalue weighted by atomic mass is 10.4. The van der Waals surface area contributed by atoms with Crippen molar-refractivity contribution < 1.29 is 19.0 Å². The van der Waals surface area contributed by atoms with Gasteiger partial charge in [-0.25, -0.2) is 4.79 Å². The number of rotatable bonds is 7. The molecule has 0 aromatic heterocycles. The van der Waals surface area contributed by atoms with Crippen molar-refractivity contribution in [3.8, 4) is 0 Å². The van der Waals surface area contributed by atoms with Gasteiger partial charge in [0.25, 0.3) is 0 Å². The largest absolute Gasteiger partial charge is 0.460 e. The van der Waals surface area contributed by atoms with Gasteiger partial charge in [-0.15, -0.1) is 0 Å². The van der Waals surface area contributed by atoms with E-state index in [1.54, 1.807) is 14.0 Å². The Kier molecular flexibility index (Phi) is 7.24. The first-order valence-corrected chi connectivity index (χ1v) is 4.07. The predicted molar refractivity (Wildman–Crippen MR) is 48.5 cm³/mol. The van der Waals surface area contributed by atoms with E-state index < -0.39 is 0 Å². The van der Waals surface area contributed by atoms with E-state index in [2.05, 4.69) is 6.58 Å². The Morgan fingerprint density at radius 2 is 1.85 bits per heavy atom. The zero-order valence-electron chi connectivity index (χ0n) is 8.17. The van der Waals surface area contributed by atoms with Crippen molar-refractivity contribution in [2.45, 2.75) is 6.92 Å². The molecule has 76 valence electrons. The first-order chi connectivity index (χ1) is 6.18. The number of esters is 1. The van der Waals surface area contributed by atoms with Crippen LogP contribution in [0.2, 0.25) is 0 Å². The second kappa shape index (κ2) is 7.76. The Bertz CT molecular complexity index is 165. The summed E-state index contributed by atoms with van der Waals surface area (Å²) in [6, 6.07) is 0. The molecule has 0 amide bonds. The molecule has 4 heteroatoms. The first kappa shape index (κ1) is 12.1. The van der Waals surface area contributed by atoms with Gasteiger partial charge in [0.2, 0.25) is 0 Å². The highest BCUT2D eigenvalue weighted by molar-refractivity contribution is 5.86. The van der Waals surface area contributed by atoms with E-state index in [0.29, 0.717) is 25.4 Å². The fraction of sp³-hybridized carbons (Fsp3) is 0.667. The van der Waals surface area contributed by atoms with Crippen LogP contribution in [-0.2, 0) is 19.0 Å². The van der Waals surface area contributed by atoms with Gasteiger partial charge in [0.05, 0.1) is 19.8 Å². The molecule has 0 N–H and O–H groups in total. The van der Waals surface area contributed by atoms with E-state index in [1.165, 1.54) is 0 Å². The standard InChI is InChI=1S/C9H16O4/c1-8(2)9(10)13-7-6-12-5-4-11-3/h1,4-7H2,2-3H3.